The molecule has 90 valence electrons. The molecule has 0 saturated heterocycles. The normalized spacial score (nSPS) is 14.1. The van der Waals surface area contributed by atoms with E-state index in [9.17, 15) is 22.0 Å². The van der Waals surface area contributed by atoms with E-state index >= 15 is 0 Å². The summed E-state index contributed by atoms with van der Waals surface area (Å²) in [7, 11) is -4.55. The average Bonchev–Trinajstić information content (AvgIpc) is 2.11. The van der Waals surface area contributed by atoms with Gasteiger partial charge in [0.25, 0.3) is 10.0 Å². The van der Waals surface area contributed by atoms with Crippen molar-refractivity contribution in [3.05, 3.63) is 0 Å². The smallest absolute Gasteiger partial charge is 0.350 e. The SMILES string of the molecule is CC(CCCNS(=O)(=O)C(F)F)C(=O)O. The van der Waals surface area contributed by atoms with Crippen molar-refractivity contribution in [3.8, 4) is 0 Å². The van der Waals surface area contributed by atoms with Crippen molar-refractivity contribution in [1.29, 1.82) is 0 Å². The molecule has 0 aromatic heterocycles. The zero-order valence-electron chi connectivity index (χ0n) is 8.11. The van der Waals surface area contributed by atoms with Crippen LogP contribution in [0.2, 0.25) is 0 Å². The minimum atomic E-state index is -4.55. The van der Waals surface area contributed by atoms with E-state index in [0.717, 1.165) is 0 Å². The van der Waals surface area contributed by atoms with E-state index in [1.807, 2.05) is 0 Å². The van der Waals surface area contributed by atoms with Gasteiger partial charge in [-0.3, -0.25) is 4.79 Å². The number of carboxylic acids is 1. The highest BCUT2D eigenvalue weighted by molar-refractivity contribution is 7.89. The Hall–Kier alpha value is -0.760. The van der Waals surface area contributed by atoms with Crippen molar-refractivity contribution in [2.24, 2.45) is 5.92 Å². The molecule has 0 aromatic rings. The number of aliphatic carboxylic acids is 1. The largest absolute Gasteiger partial charge is 0.481 e. The molecule has 0 aliphatic carbocycles. The predicted molar refractivity (Wildman–Crippen MR) is 49.0 cm³/mol. The minimum Gasteiger partial charge on any atom is -0.481 e. The topological polar surface area (TPSA) is 83.5 Å². The molecule has 0 fully saturated rings. The van der Waals surface area contributed by atoms with E-state index in [-0.39, 0.29) is 19.4 Å². The number of rotatable bonds is 7. The van der Waals surface area contributed by atoms with Crippen LogP contribution in [0.4, 0.5) is 8.78 Å². The summed E-state index contributed by atoms with van der Waals surface area (Å²) in [6.07, 6.45) is 0.445. The molecule has 0 saturated carbocycles. The number of halogens is 2. The monoisotopic (exact) mass is 245 g/mol. The second-order valence-corrected chi connectivity index (χ2v) is 4.82. The Bertz CT molecular complexity index is 304. The number of alkyl halides is 2. The lowest BCUT2D eigenvalue weighted by atomic mass is 10.1. The van der Waals surface area contributed by atoms with E-state index in [2.05, 4.69) is 0 Å². The van der Waals surface area contributed by atoms with Crippen LogP contribution in [0.15, 0.2) is 0 Å². The molecule has 8 heteroatoms. The summed E-state index contributed by atoms with van der Waals surface area (Å²) < 4.78 is 46.3. The fraction of sp³-hybridized carbons (Fsp3) is 0.857. The van der Waals surface area contributed by atoms with Crippen LogP contribution in [-0.4, -0.2) is 31.8 Å². The highest BCUT2D eigenvalue weighted by Gasteiger charge is 2.22. The molecule has 0 rings (SSSR count). The Labute approximate surface area is 86.5 Å². The zero-order chi connectivity index (χ0) is 12.1. The summed E-state index contributed by atoms with van der Waals surface area (Å²) in [4.78, 5) is 10.3. The number of hydrogen-bond donors (Lipinski definition) is 2. The maximum Gasteiger partial charge on any atom is 0.350 e. The first kappa shape index (κ1) is 14.2. The Morgan fingerprint density at radius 2 is 2.00 bits per heavy atom. The van der Waals surface area contributed by atoms with E-state index < -0.39 is 27.7 Å². The Balaban J connectivity index is 3.78. The van der Waals surface area contributed by atoms with Crippen LogP contribution >= 0.6 is 0 Å². The molecule has 0 heterocycles. The maximum absolute atomic E-state index is 11.8. The summed E-state index contributed by atoms with van der Waals surface area (Å²) in [5, 5.41) is 8.47. The fourth-order valence-electron chi connectivity index (χ4n) is 0.809. The summed E-state index contributed by atoms with van der Waals surface area (Å²) in [6, 6.07) is 0. The van der Waals surface area contributed by atoms with Gasteiger partial charge in [-0.05, 0) is 12.8 Å². The van der Waals surface area contributed by atoms with Gasteiger partial charge < -0.3 is 5.11 Å². The predicted octanol–water partition coefficient (Wildman–Crippen LogP) is 0.629. The first-order valence-corrected chi connectivity index (χ1v) is 5.81. The molecule has 0 amide bonds. The molecule has 0 aromatic carbocycles. The maximum atomic E-state index is 11.8. The summed E-state index contributed by atoms with van der Waals surface area (Å²) in [5.41, 5.74) is 0. The van der Waals surface area contributed by atoms with E-state index in [0.29, 0.717) is 0 Å². The minimum absolute atomic E-state index is 0.176. The number of sulfonamides is 1. The third kappa shape index (κ3) is 5.63. The molecule has 5 nitrogen and oxygen atoms in total. The van der Waals surface area contributed by atoms with Gasteiger partial charge in [0.2, 0.25) is 0 Å². The summed E-state index contributed by atoms with van der Waals surface area (Å²) in [6.45, 7) is 1.29. The first-order valence-electron chi connectivity index (χ1n) is 4.27. The van der Waals surface area contributed by atoms with Crippen molar-refractivity contribution < 1.29 is 27.1 Å². The van der Waals surface area contributed by atoms with Gasteiger partial charge in [-0.2, -0.15) is 8.78 Å². The quantitative estimate of drug-likeness (QED) is 0.644. The lowest BCUT2D eigenvalue weighted by molar-refractivity contribution is -0.141. The number of hydrogen-bond acceptors (Lipinski definition) is 3. The summed E-state index contributed by atoms with van der Waals surface area (Å²) in [5.74, 6) is -5.05. The van der Waals surface area contributed by atoms with Crippen LogP contribution in [-0.2, 0) is 14.8 Å². The third-order valence-corrected chi connectivity index (χ3v) is 2.85. The molecule has 0 aliphatic rings. The van der Waals surface area contributed by atoms with Crippen molar-refractivity contribution in [2.75, 3.05) is 6.54 Å². The molecular weight excluding hydrogens is 232 g/mol. The molecule has 0 radical (unpaired) electrons. The van der Waals surface area contributed by atoms with E-state index in [1.165, 1.54) is 6.92 Å². The van der Waals surface area contributed by atoms with Gasteiger partial charge in [0.1, 0.15) is 0 Å². The van der Waals surface area contributed by atoms with Crippen LogP contribution in [0.5, 0.6) is 0 Å². The number of nitrogens with one attached hydrogen (secondary N) is 1. The van der Waals surface area contributed by atoms with Crippen LogP contribution in [0.25, 0.3) is 0 Å². The van der Waals surface area contributed by atoms with Crippen LogP contribution in [0.3, 0.4) is 0 Å². The Kier molecular flexibility index (Phi) is 5.66. The number of carbonyl (C=O) groups is 1. The van der Waals surface area contributed by atoms with Gasteiger partial charge in [0, 0.05) is 6.54 Å². The van der Waals surface area contributed by atoms with Gasteiger partial charge in [0.05, 0.1) is 5.92 Å². The molecule has 1 unspecified atom stereocenters. The van der Waals surface area contributed by atoms with E-state index in [1.54, 1.807) is 4.72 Å². The van der Waals surface area contributed by atoms with Gasteiger partial charge >= 0.3 is 11.7 Å². The average molecular weight is 245 g/mol. The van der Waals surface area contributed by atoms with Gasteiger partial charge in [-0.15, -0.1) is 0 Å². The molecular formula is C7H13F2NO4S. The molecule has 1 atom stereocenters. The fourth-order valence-corrected chi connectivity index (χ4v) is 1.36. The first-order chi connectivity index (χ1) is 6.77. The van der Waals surface area contributed by atoms with Gasteiger partial charge in [-0.1, -0.05) is 6.92 Å². The Morgan fingerprint density at radius 3 is 2.40 bits per heavy atom. The molecule has 0 aliphatic heterocycles. The Morgan fingerprint density at radius 1 is 1.47 bits per heavy atom. The second-order valence-electron chi connectivity index (χ2n) is 3.08. The lowest BCUT2D eigenvalue weighted by Gasteiger charge is -2.07. The zero-order valence-corrected chi connectivity index (χ0v) is 8.93. The second kappa shape index (κ2) is 5.96. The number of carboxylic acid groups (broad SMARTS) is 1. The van der Waals surface area contributed by atoms with Gasteiger partial charge in [0.15, 0.2) is 0 Å². The van der Waals surface area contributed by atoms with Crippen molar-refractivity contribution >= 4 is 16.0 Å². The standard InChI is InChI=1S/C7H13F2NO4S/c1-5(6(11)12)3-2-4-10-15(13,14)7(8)9/h5,7,10H,2-4H2,1H3,(H,11,12). The van der Waals surface area contributed by atoms with Crippen molar-refractivity contribution in [2.45, 2.75) is 25.5 Å². The van der Waals surface area contributed by atoms with Crippen molar-refractivity contribution in [1.82, 2.24) is 4.72 Å². The lowest BCUT2D eigenvalue weighted by Crippen LogP contribution is -2.30. The van der Waals surface area contributed by atoms with E-state index in [4.69, 9.17) is 5.11 Å². The van der Waals surface area contributed by atoms with Crippen LogP contribution in [0, 0.1) is 5.92 Å². The third-order valence-electron chi connectivity index (χ3n) is 1.77. The summed E-state index contributed by atoms with van der Waals surface area (Å²) >= 11 is 0. The van der Waals surface area contributed by atoms with Crippen LogP contribution in [0.1, 0.15) is 19.8 Å². The molecule has 2 N–H and O–H groups in total. The highest BCUT2D eigenvalue weighted by atomic mass is 32.2. The highest BCUT2D eigenvalue weighted by Crippen LogP contribution is 2.06. The van der Waals surface area contributed by atoms with Crippen LogP contribution < -0.4 is 4.72 Å². The molecule has 0 bridgehead atoms. The van der Waals surface area contributed by atoms with Gasteiger partial charge in [-0.25, -0.2) is 13.1 Å². The molecule has 0 spiro atoms. The molecule has 15 heavy (non-hydrogen) atoms. The van der Waals surface area contributed by atoms with Crippen molar-refractivity contribution in [3.63, 3.8) is 0 Å².